The van der Waals surface area contributed by atoms with Gasteiger partial charge in [-0.25, -0.2) is 0 Å². The van der Waals surface area contributed by atoms with Gasteiger partial charge in [0.2, 0.25) is 0 Å². The lowest BCUT2D eigenvalue weighted by molar-refractivity contribution is -0.157. The molecule has 0 spiro atoms. The molecule has 0 aliphatic heterocycles. The van der Waals surface area contributed by atoms with Crippen LogP contribution in [0, 0.1) is 16.7 Å². The maximum atomic E-state index is 12.5. The maximum absolute atomic E-state index is 12.5. The second-order valence-corrected chi connectivity index (χ2v) is 8.70. The van der Waals surface area contributed by atoms with Gasteiger partial charge >= 0.3 is 5.97 Å². The molecule has 0 N–H and O–H groups in total. The number of aromatic nitrogens is 1. The second kappa shape index (κ2) is 6.57. The summed E-state index contributed by atoms with van der Waals surface area (Å²) in [5, 5.41) is 0. The predicted octanol–water partition coefficient (Wildman–Crippen LogP) is 5.37. The number of fused-ring (bicyclic) bond motifs is 2. The van der Waals surface area contributed by atoms with Crippen molar-refractivity contribution in [1.29, 1.82) is 0 Å². The Balaban J connectivity index is 1.55. The van der Waals surface area contributed by atoms with Crippen LogP contribution < -0.4 is 0 Å². The van der Waals surface area contributed by atoms with Crippen LogP contribution in [0.1, 0.15) is 78.7 Å². The van der Waals surface area contributed by atoms with Gasteiger partial charge in [-0.15, -0.1) is 0 Å². The highest BCUT2D eigenvalue weighted by Gasteiger charge is 2.62. The third kappa shape index (κ3) is 2.91. The largest absolute Gasteiger partial charge is 0.462 e. The molecule has 2 bridgehead atoms. The zero-order chi connectivity index (χ0) is 17.4. The minimum Gasteiger partial charge on any atom is -0.462 e. The van der Waals surface area contributed by atoms with E-state index in [9.17, 15) is 4.79 Å². The van der Waals surface area contributed by atoms with Crippen LogP contribution in [0.3, 0.4) is 0 Å². The molecule has 2 aliphatic carbocycles. The fourth-order valence-electron chi connectivity index (χ4n) is 5.18. The molecule has 1 heterocycles. The molecule has 0 amide bonds. The van der Waals surface area contributed by atoms with Crippen LogP contribution in [0.25, 0.3) is 0 Å². The van der Waals surface area contributed by atoms with Crippen molar-refractivity contribution >= 4 is 5.97 Å². The maximum Gasteiger partial charge on any atom is 0.306 e. The summed E-state index contributed by atoms with van der Waals surface area (Å²) in [7, 11) is 0. The van der Waals surface area contributed by atoms with Gasteiger partial charge in [0.25, 0.3) is 0 Å². The van der Waals surface area contributed by atoms with Crippen LogP contribution in [0.5, 0.6) is 0 Å². The van der Waals surface area contributed by atoms with E-state index >= 15 is 0 Å². The van der Waals surface area contributed by atoms with Gasteiger partial charge in [0, 0.05) is 30.3 Å². The van der Waals surface area contributed by atoms with Gasteiger partial charge in [0.05, 0.1) is 0 Å². The fourth-order valence-corrected chi connectivity index (χ4v) is 5.18. The second-order valence-electron chi connectivity index (χ2n) is 8.70. The first-order valence-corrected chi connectivity index (χ1v) is 9.70. The number of carbonyl (C=O) groups is 1. The lowest BCUT2D eigenvalue weighted by Gasteiger charge is -2.38. The highest BCUT2D eigenvalue weighted by atomic mass is 16.5. The monoisotopic (exact) mass is 331 g/mol. The summed E-state index contributed by atoms with van der Waals surface area (Å²) in [6.07, 6.45) is 11.5. The number of ether oxygens (including phenoxy) is 1. The first-order valence-electron chi connectivity index (χ1n) is 9.70. The number of carbonyl (C=O) groups excluding carboxylic acids is 1. The predicted molar refractivity (Wildman–Crippen MR) is 96.7 cm³/mol. The first-order chi connectivity index (χ1) is 11.4. The van der Waals surface area contributed by atoms with Crippen LogP contribution in [0.2, 0.25) is 0 Å². The molecule has 2 saturated carbocycles. The Kier molecular flexibility index (Phi) is 4.81. The Morgan fingerprint density at radius 1 is 1.25 bits per heavy atom. The van der Waals surface area contributed by atoms with Crippen molar-refractivity contribution in [3.8, 4) is 0 Å². The summed E-state index contributed by atoms with van der Waals surface area (Å²) < 4.78 is 8.22. The first kappa shape index (κ1) is 17.6. The molecule has 2 fully saturated rings. The third-order valence-electron chi connectivity index (χ3n) is 7.34. The van der Waals surface area contributed by atoms with Crippen molar-refractivity contribution in [3.05, 3.63) is 24.5 Å². The molecule has 1 aromatic heterocycles. The number of esters is 1. The topological polar surface area (TPSA) is 31.2 Å². The van der Waals surface area contributed by atoms with Crippen LogP contribution in [-0.2, 0) is 9.53 Å². The van der Waals surface area contributed by atoms with E-state index in [1.54, 1.807) is 0 Å². The van der Waals surface area contributed by atoms with E-state index in [0.717, 1.165) is 25.7 Å². The molecule has 134 valence electrons. The van der Waals surface area contributed by atoms with E-state index in [0.29, 0.717) is 23.8 Å². The zero-order valence-corrected chi connectivity index (χ0v) is 15.8. The van der Waals surface area contributed by atoms with E-state index in [2.05, 4.69) is 56.8 Å². The normalized spacial score (nSPS) is 32.0. The highest BCUT2D eigenvalue weighted by Crippen LogP contribution is 2.66. The summed E-state index contributed by atoms with van der Waals surface area (Å²) >= 11 is 0. The van der Waals surface area contributed by atoms with Crippen LogP contribution in [0.4, 0.5) is 0 Å². The molecular weight excluding hydrogens is 298 g/mol. The van der Waals surface area contributed by atoms with Gasteiger partial charge in [-0.1, -0.05) is 34.1 Å². The zero-order valence-electron chi connectivity index (χ0n) is 15.8. The van der Waals surface area contributed by atoms with E-state index in [4.69, 9.17) is 4.74 Å². The summed E-state index contributed by atoms with van der Waals surface area (Å²) in [5.41, 5.74) is 0.463. The van der Waals surface area contributed by atoms with Gasteiger partial charge in [-0.05, 0) is 55.6 Å². The molecule has 0 unspecified atom stereocenters. The number of nitrogens with zero attached hydrogens (tertiary/aromatic N) is 1. The molecule has 4 atom stereocenters. The Bertz CT molecular complexity index is 562. The summed E-state index contributed by atoms with van der Waals surface area (Å²) in [4.78, 5) is 12.5. The Morgan fingerprint density at radius 2 is 1.96 bits per heavy atom. The van der Waals surface area contributed by atoms with E-state index < -0.39 is 0 Å². The van der Waals surface area contributed by atoms with Crippen molar-refractivity contribution in [2.75, 3.05) is 0 Å². The average molecular weight is 332 g/mol. The van der Waals surface area contributed by atoms with Gasteiger partial charge < -0.3 is 9.30 Å². The Labute approximate surface area is 146 Å². The third-order valence-corrected chi connectivity index (χ3v) is 7.34. The summed E-state index contributed by atoms with van der Waals surface area (Å²) in [5.74, 6) is 0.714. The number of hydrogen-bond acceptors (Lipinski definition) is 2. The van der Waals surface area contributed by atoms with Gasteiger partial charge in [-0.3, -0.25) is 4.79 Å². The van der Waals surface area contributed by atoms with Crippen molar-refractivity contribution in [1.82, 2.24) is 4.57 Å². The number of rotatable bonds is 7. The van der Waals surface area contributed by atoms with Crippen LogP contribution in [-0.4, -0.2) is 16.6 Å². The molecule has 3 nitrogen and oxygen atoms in total. The lowest BCUT2D eigenvalue weighted by Crippen LogP contribution is -2.38. The van der Waals surface area contributed by atoms with Gasteiger partial charge in [-0.2, -0.15) is 0 Å². The summed E-state index contributed by atoms with van der Waals surface area (Å²) in [6.45, 7) is 9.26. The SMILES string of the molecule is CCC[C@@H](CCC(=O)O[C@@H]1C[C@@H]2CC[C@@]1(C)C2(C)C)n1cccc1. The Morgan fingerprint density at radius 3 is 2.50 bits per heavy atom. The molecule has 0 aromatic carbocycles. The van der Waals surface area contributed by atoms with Crippen molar-refractivity contribution < 1.29 is 9.53 Å². The molecule has 0 radical (unpaired) electrons. The molecular formula is C21H33NO2. The van der Waals surface area contributed by atoms with Crippen LogP contribution in [0.15, 0.2) is 24.5 Å². The molecule has 0 saturated heterocycles. The number of hydrogen-bond donors (Lipinski definition) is 0. The average Bonchev–Trinajstić information content (AvgIpc) is 3.18. The summed E-state index contributed by atoms with van der Waals surface area (Å²) in [6, 6.07) is 4.52. The quantitative estimate of drug-likeness (QED) is 0.629. The molecule has 2 aliphatic rings. The minimum absolute atomic E-state index is 0.00201. The van der Waals surface area contributed by atoms with E-state index in [-0.39, 0.29) is 17.5 Å². The van der Waals surface area contributed by atoms with Crippen molar-refractivity contribution in [2.24, 2.45) is 16.7 Å². The van der Waals surface area contributed by atoms with Crippen molar-refractivity contribution in [2.45, 2.75) is 84.8 Å². The van der Waals surface area contributed by atoms with E-state index in [1.165, 1.54) is 12.8 Å². The minimum atomic E-state index is -0.00201. The molecule has 3 rings (SSSR count). The molecule has 24 heavy (non-hydrogen) atoms. The van der Waals surface area contributed by atoms with Gasteiger partial charge in [0.1, 0.15) is 6.10 Å². The molecule has 1 aromatic rings. The highest BCUT2D eigenvalue weighted by molar-refractivity contribution is 5.69. The Hall–Kier alpha value is -1.25. The molecule has 3 heteroatoms. The van der Waals surface area contributed by atoms with E-state index in [1.807, 2.05) is 0 Å². The lowest BCUT2D eigenvalue weighted by atomic mass is 9.70. The van der Waals surface area contributed by atoms with Gasteiger partial charge in [0.15, 0.2) is 0 Å². The van der Waals surface area contributed by atoms with Crippen LogP contribution >= 0.6 is 0 Å². The smallest absolute Gasteiger partial charge is 0.306 e. The standard InChI is InChI=1S/C21H33NO2/c1-5-8-17(22-13-6-7-14-22)9-10-19(23)24-18-15-16-11-12-21(18,4)20(16,2)3/h6-7,13-14,16-18H,5,8-12,15H2,1-4H3/t16-,17-,18+,21+/m0/s1. The van der Waals surface area contributed by atoms with Crippen molar-refractivity contribution in [3.63, 3.8) is 0 Å². The fraction of sp³-hybridized carbons (Fsp3) is 0.762.